The lowest BCUT2D eigenvalue weighted by Gasteiger charge is -2.21. The summed E-state index contributed by atoms with van der Waals surface area (Å²) in [5.74, 6) is -9.14. The van der Waals surface area contributed by atoms with Gasteiger partial charge in [0.1, 0.15) is 11.6 Å². The second kappa shape index (κ2) is 7.71. The Balaban J connectivity index is 2.18. The summed E-state index contributed by atoms with van der Waals surface area (Å²) >= 11 is 0. The van der Waals surface area contributed by atoms with E-state index in [9.17, 15) is 39.9 Å². The van der Waals surface area contributed by atoms with E-state index in [-0.39, 0.29) is 0 Å². The van der Waals surface area contributed by atoms with E-state index in [2.05, 4.69) is 15.2 Å². The van der Waals surface area contributed by atoms with E-state index >= 15 is 0 Å². The number of nitrogens with zero attached hydrogens (tertiary/aromatic N) is 3. The minimum Gasteiger partial charge on any atom is -0.419 e. The Hall–Kier alpha value is -2.80. The number of hydrogen-bond acceptors (Lipinski definition) is 6. The van der Waals surface area contributed by atoms with Crippen LogP contribution in [0.25, 0.3) is 11.6 Å². The van der Waals surface area contributed by atoms with Gasteiger partial charge in [0.25, 0.3) is 5.89 Å². The summed E-state index contributed by atoms with van der Waals surface area (Å²) in [4.78, 5) is 15.8. The van der Waals surface area contributed by atoms with Crippen molar-refractivity contribution in [2.45, 2.75) is 56.3 Å². The van der Waals surface area contributed by atoms with Gasteiger partial charge in [0.2, 0.25) is 11.8 Å². The van der Waals surface area contributed by atoms with Crippen LogP contribution in [0.1, 0.15) is 60.0 Å². The Morgan fingerprint density at radius 1 is 1.06 bits per heavy atom. The van der Waals surface area contributed by atoms with Crippen LogP contribution in [0.3, 0.4) is 0 Å². The molecule has 1 aliphatic heterocycles. The molecule has 0 spiro atoms. The molecule has 0 aromatic carbocycles. The van der Waals surface area contributed by atoms with Gasteiger partial charge in [-0.15, -0.1) is 10.2 Å². The van der Waals surface area contributed by atoms with E-state index in [1.807, 2.05) is 0 Å². The Morgan fingerprint density at radius 2 is 1.74 bits per heavy atom. The molecule has 0 radical (unpaired) electrons. The molecule has 170 valence electrons. The molecule has 1 aliphatic rings. The van der Waals surface area contributed by atoms with Crippen molar-refractivity contribution in [3.05, 3.63) is 23.2 Å². The first-order valence-electron chi connectivity index (χ1n) is 8.88. The molecule has 1 unspecified atom stereocenters. The number of aromatic nitrogens is 3. The average molecular weight is 458 g/mol. The van der Waals surface area contributed by atoms with Gasteiger partial charge in [-0.05, 0) is 18.9 Å². The van der Waals surface area contributed by atoms with Gasteiger partial charge in [-0.3, -0.25) is 4.79 Å². The van der Waals surface area contributed by atoms with E-state index < -0.39 is 96.5 Å². The van der Waals surface area contributed by atoms with Crippen LogP contribution in [0.5, 0.6) is 0 Å². The molecule has 2 aromatic rings. The van der Waals surface area contributed by atoms with Crippen LogP contribution in [-0.4, -0.2) is 33.1 Å². The van der Waals surface area contributed by atoms with Crippen molar-refractivity contribution in [2.75, 3.05) is 5.73 Å². The van der Waals surface area contributed by atoms with Gasteiger partial charge < -0.3 is 10.2 Å². The number of alkyl halides is 8. The third-order valence-corrected chi connectivity index (χ3v) is 4.70. The van der Waals surface area contributed by atoms with Gasteiger partial charge in [0.15, 0.2) is 11.5 Å². The molecule has 3 rings (SSSR count). The van der Waals surface area contributed by atoms with Crippen molar-refractivity contribution in [1.29, 1.82) is 0 Å². The van der Waals surface area contributed by atoms with E-state index in [1.165, 1.54) is 0 Å². The van der Waals surface area contributed by atoms with Crippen molar-refractivity contribution < 1.29 is 44.3 Å². The molecule has 14 heteroatoms. The fourth-order valence-electron chi connectivity index (χ4n) is 3.13. The summed E-state index contributed by atoms with van der Waals surface area (Å²) < 4.78 is 113. The van der Waals surface area contributed by atoms with Gasteiger partial charge >= 0.3 is 12.4 Å². The molecule has 0 saturated carbocycles. The number of pyridine rings is 1. The van der Waals surface area contributed by atoms with Crippen molar-refractivity contribution in [2.24, 2.45) is 0 Å². The summed E-state index contributed by atoms with van der Waals surface area (Å²) in [7, 11) is 0. The molecule has 0 aliphatic carbocycles. The highest BCUT2D eigenvalue weighted by Gasteiger charge is 2.46. The van der Waals surface area contributed by atoms with Crippen LogP contribution in [0, 0.1) is 0 Å². The number of nitrogen functional groups attached to an aromatic ring is 1. The van der Waals surface area contributed by atoms with Crippen LogP contribution in [-0.2, 0) is 6.18 Å². The van der Waals surface area contributed by atoms with Crippen LogP contribution in [0.15, 0.2) is 10.5 Å². The van der Waals surface area contributed by atoms with E-state index in [1.54, 1.807) is 0 Å². The maximum atomic E-state index is 14.0. The third-order valence-electron chi connectivity index (χ3n) is 4.70. The molecule has 0 fully saturated rings. The fourth-order valence-corrected chi connectivity index (χ4v) is 3.13. The summed E-state index contributed by atoms with van der Waals surface area (Å²) in [6, 6.07) is 0.362. The Kier molecular flexibility index (Phi) is 5.69. The predicted octanol–water partition coefficient (Wildman–Crippen LogP) is 5.16. The van der Waals surface area contributed by atoms with Crippen LogP contribution >= 0.6 is 0 Å². The number of anilines is 1. The number of carbonyl (C=O) groups is 1. The molecule has 6 nitrogen and oxygen atoms in total. The fraction of sp³-hybridized carbons (Fsp3) is 0.529. The third kappa shape index (κ3) is 4.93. The highest BCUT2D eigenvalue weighted by atomic mass is 19.4. The summed E-state index contributed by atoms with van der Waals surface area (Å²) in [5, 5.41) is 6.52. The molecule has 4 bridgehead atoms. The lowest BCUT2D eigenvalue weighted by atomic mass is 9.96. The molecule has 2 N–H and O–H groups in total. The Bertz CT molecular complexity index is 983. The predicted molar refractivity (Wildman–Crippen MR) is 88.1 cm³/mol. The quantitative estimate of drug-likeness (QED) is 0.548. The molecule has 0 saturated heterocycles. The second-order valence-electron chi connectivity index (χ2n) is 7.03. The minimum absolute atomic E-state index is 0.362. The number of carbonyl (C=O) groups excluding carboxylic acids is 1. The second-order valence-corrected chi connectivity index (χ2v) is 7.03. The zero-order valence-corrected chi connectivity index (χ0v) is 15.4. The van der Waals surface area contributed by atoms with Gasteiger partial charge in [-0.25, -0.2) is 13.8 Å². The van der Waals surface area contributed by atoms with Crippen LogP contribution in [0.4, 0.5) is 40.8 Å². The maximum Gasteiger partial charge on any atom is 0.418 e. The molecular formula is C17H14F8N4O2. The molecule has 31 heavy (non-hydrogen) atoms. The smallest absolute Gasteiger partial charge is 0.418 e. The largest absolute Gasteiger partial charge is 0.419 e. The highest BCUT2D eigenvalue weighted by Crippen LogP contribution is 2.42. The Morgan fingerprint density at radius 3 is 2.35 bits per heavy atom. The Labute approximate surface area is 168 Å². The number of rotatable bonds is 0. The van der Waals surface area contributed by atoms with Crippen molar-refractivity contribution >= 4 is 11.5 Å². The van der Waals surface area contributed by atoms with E-state index in [0.717, 1.165) is 0 Å². The molecule has 2 aromatic heterocycles. The maximum absolute atomic E-state index is 14.0. The van der Waals surface area contributed by atoms with E-state index in [0.29, 0.717) is 6.07 Å². The van der Waals surface area contributed by atoms with Crippen LogP contribution < -0.4 is 5.73 Å². The minimum atomic E-state index is -5.05. The zero-order chi connectivity index (χ0) is 23.2. The summed E-state index contributed by atoms with van der Waals surface area (Å²) in [6.07, 6.45) is -14.6. The van der Waals surface area contributed by atoms with Crippen LogP contribution in [0.2, 0.25) is 0 Å². The average Bonchev–Trinajstić information content (AvgIpc) is 3.07. The van der Waals surface area contributed by atoms with Gasteiger partial charge in [0, 0.05) is 19.3 Å². The lowest BCUT2D eigenvalue weighted by Crippen LogP contribution is -2.25. The van der Waals surface area contributed by atoms with Gasteiger partial charge in [-0.2, -0.15) is 26.3 Å². The molecule has 1 atom stereocenters. The molecule has 0 amide bonds. The first-order valence-corrected chi connectivity index (χ1v) is 8.88. The number of ketones is 1. The van der Waals surface area contributed by atoms with Gasteiger partial charge in [0.05, 0.1) is 11.3 Å². The highest BCUT2D eigenvalue weighted by molar-refractivity contribution is 5.97. The van der Waals surface area contributed by atoms with Crippen molar-refractivity contribution in [1.82, 2.24) is 15.2 Å². The number of fused-ring (bicyclic) bond motifs is 5. The topological polar surface area (TPSA) is 94.9 Å². The molecule has 3 heterocycles. The summed E-state index contributed by atoms with van der Waals surface area (Å²) in [5.41, 5.74) is 1.64. The first kappa shape index (κ1) is 22.9. The summed E-state index contributed by atoms with van der Waals surface area (Å²) in [6.45, 7) is 0. The SMILES string of the molecule is Nc1cc(C(F)(F)F)c2nc1-c1nnc(o1)C(C(F)(F)F)CCC(F)(F)CCCC2=O. The normalized spacial score (nSPS) is 20.4. The number of halogens is 8. The first-order chi connectivity index (χ1) is 14.2. The number of Topliss-reactive ketones (excluding diaryl/α,β-unsaturated/α-hetero) is 1. The number of hydrogen-bond donors (Lipinski definition) is 1. The van der Waals surface area contributed by atoms with Crippen molar-refractivity contribution in [3.63, 3.8) is 0 Å². The lowest BCUT2D eigenvalue weighted by molar-refractivity contribution is -0.160. The molecular weight excluding hydrogens is 444 g/mol. The monoisotopic (exact) mass is 458 g/mol. The number of nitrogens with two attached hydrogens (primary N) is 1. The standard InChI is InChI=1S/C17H14F8N4O2/c18-15(19)4-1-2-10(30)11-8(17(23,24)25)6-9(26)12(27-11)14-29-28-13(31-14)7(3-5-15)16(20,21)22/h6-7H,1-5,26H2. The van der Waals surface area contributed by atoms with Crippen molar-refractivity contribution in [3.8, 4) is 11.6 Å². The zero-order valence-electron chi connectivity index (χ0n) is 15.4. The van der Waals surface area contributed by atoms with Gasteiger partial charge in [-0.1, -0.05) is 0 Å². The van der Waals surface area contributed by atoms with E-state index in [4.69, 9.17) is 10.2 Å².